The molecule has 2 N–H and O–H groups in total. The molecule has 0 saturated heterocycles. The van der Waals surface area contributed by atoms with Gasteiger partial charge in [0.05, 0.1) is 10.7 Å². The van der Waals surface area contributed by atoms with Crippen LogP contribution in [-0.4, -0.2) is 54.1 Å². The normalized spacial score (nSPS) is 12.9. The maximum Gasteiger partial charge on any atom is 0.149 e. The Morgan fingerprint density at radius 1 is 1.00 bits per heavy atom. The summed E-state index contributed by atoms with van der Waals surface area (Å²) in [5.74, 6) is 0.416. The Kier molecular flexibility index (Phi) is 10.3. The van der Waals surface area contributed by atoms with Crippen LogP contribution in [0.5, 0.6) is 0 Å². The fraction of sp³-hybridized carbons (Fsp3) is 0.467. The van der Waals surface area contributed by atoms with Crippen LogP contribution in [-0.2, 0) is 6.54 Å². The average molecular weight is 557 g/mol. The van der Waals surface area contributed by atoms with Crippen LogP contribution in [0.2, 0.25) is 5.02 Å². The van der Waals surface area contributed by atoms with Gasteiger partial charge in [0.2, 0.25) is 0 Å². The lowest BCUT2D eigenvalue weighted by Crippen LogP contribution is -2.35. The first kappa shape index (κ1) is 29.0. The molecule has 0 atom stereocenters. The first-order chi connectivity index (χ1) is 18.9. The number of rotatable bonds is 13. The molecule has 4 rings (SSSR count). The predicted octanol–water partition coefficient (Wildman–Crippen LogP) is 7.13. The smallest absolute Gasteiger partial charge is 0.149 e. The fourth-order valence-electron chi connectivity index (χ4n) is 5.12. The van der Waals surface area contributed by atoms with E-state index in [1.807, 2.05) is 36.4 Å². The molecular formula is C30H39ClF2N6. The summed E-state index contributed by atoms with van der Waals surface area (Å²) in [5, 5.41) is 6.60. The van der Waals surface area contributed by atoms with Crippen LogP contribution in [0.4, 0.5) is 26.1 Å². The summed E-state index contributed by atoms with van der Waals surface area (Å²) in [4.78, 5) is 13.8. The van der Waals surface area contributed by atoms with Gasteiger partial charge in [-0.05, 0) is 62.7 Å². The lowest BCUT2D eigenvalue weighted by molar-refractivity contribution is 0.278. The number of unbranched alkanes of at least 4 members (excludes halogenated alkanes) is 2. The van der Waals surface area contributed by atoms with Gasteiger partial charge in [-0.25, -0.2) is 18.7 Å². The molecule has 1 aliphatic rings. The molecule has 9 heteroatoms. The van der Waals surface area contributed by atoms with Gasteiger partial charge >= 0.3 is 0 Å². The molecule has 0 radical (unpaired) electrons. The van der Waals surface area contributed by atoms with Crippen molar-refractivity contribution in [3.8, 4) is 11.1 Å². The number of pyridine rings is 2. The summed E-state index contributed by atoms with van der Waals surface area (Å²) in [5.41, 5.74) is 3.89. The van der Waals surface area contributed by atoms with Crippen molar-refractivity contribution in [1.29, 1.82) is 0 Å². The van der Waals surface area contributed by atoms with Crippen LogP contribution in [0, 0.1) is 18.6 Å². The van der Waals surface area contributed by atoms with E-state index in [-0.39, 0.29) is 17.1 Å². The maximum absolute atomic E-state index is 14.6. The second-order valence-electron chi connectivity index (χ2n) is 10.1. The lowest BCUT2D eigenvalue weighted by atomic mass is 10.0. The van der Waals surface area contributed by atoms with Crippen molar-refractivity contribution in [2.75, 3.05) is 54.8 Å². The number of anilines is 3. The highest BCUT2D eigenvalue weighted by Crippen LogP contribution is 2.38. The number of nitrogens with zero attached hydrogens (tertiary/aromatic N) is 4. The molecule has 2 aromatic heterocycles. The number of halogens is 3. The summed E-state index contributed by atoms with van der Waals surface area (Å²) in [6.07, 6.45) is 8.61. The minimum absolute atomic E-state index is 0.147. The summed E-state index contributed by atoms with van der Waals surface area (Å²) in [6, 6.07) is 6.21. The van der Waals surface area contributed by atoms with Gasteiger partial charge in [-0.3, -0.25) is 0 Å². The maximum atomic E-state index is 14.6. The highest BCUT2D eigenvalue weighted by molar-refractivity contribution is 6.31. The highest BCUT2D eigenvalue weighted by Gasteiger charge is 2.25. The zero-order chi connectivity index (χ0) is 27.8. The third-order valence-corrected chi connectivity index (χ3v) is 7.62. The van der Waals surface area contributed by atoms with Crippen molar-refractivity contribution in [2.45, 2.75) is 53.0 Å². The van der Waals surface area contributed by atoms with Crippen molar-refractivity contribution in [3.05, 3.63) is 64.4 Å². The third-order valence-electron chi connectivity index (χ3n) is 7.21. The quantitative estimate of drug-likeness (QED) is 0.172. The van der Waals surface area contributed by atoms with Crippen LogP contribution in [0.15, 0.2) is 36.7 Å². The van der Waals surface area contributed by atoms with Gasteiger partial charge < -0.3 is 20.4 Å². The molecule has 6 nitrogen and oxygen atoms in total. The number of aromatic nitrogens is 2. The summed E-state index contributed by atoms with van der Waals surface area (Å²) in [7, 11) is 0. The number of nitrogens with one attached hydrogen (secondary N) is 2. The fourth-order valence-corrected chi connectivity index (χ4v) is 5.33. The standard InChI is InChI=1S/C30H39ClF2N6/c1-4-6-7-15-38(14-5-2)16-12-34-27-11-8-22(18-36-27)23-19-37-30-29(21(23)3)39(17-13-35-30)20-24-25(32)9-10-26(33)28(24)31/h8-11,18-19H,4-7,12-17,20H2,1-3H3,(H,34,36)(H,35,37). The van der Waals surface area contributed by atoms with Gasteiger partial charge in [0.25, 0.3) is 0 Å². The molecule has 1 aliphatic heterocycles. The van der Waals surface area contributed by atoms with Crippen LogP contribution >= 0.6 is 11.6 Å². The van der Waals surface area contributed by atoms with Gasteiger partial charge in [-0.15, -0.1) is 0 Å². The average Bonchev–Trinajstić information content (AvgIpc) is 2.94. The van der Waals surface area contributed by atoms with E-state index in [0.29, 0.717) is 13.1 Å². The summed E-state index contributed by atoms with van der Waals surface area (Å²) < 4.78 is 28.6. The van der Waals surface area contributed by atoms with Crippen LogP contribution < -0.4 is 15.5 Å². The second kappa shape index (κ2) is 13.9. The van der Waals surface area contributed by atoms with E-state index >= 15 is 0 Å². The topological polar surface area (TPSA) is 56.3 Å². The molecule has 0 spiro atoms. The van der Waals surface area contributed by atoms with Gasteiger partial charge in [-0.2, -0.15) is 0 Å². The molecule has 39 heavy (non-hydrogen) atoms. The number of benzene rings is 1. The van der Waals surface area contributed by atoms with E-state index in [2.05, 4.69) is 39.3 Å². The Labute approximate surface area is 235 Å². The largest absolute Gasteiger partial charge is 0.369 e. The van der Waals surface area contributed by atoms with Gasteiger partial charge in [-0.1, -0.05) is 38.3 Å². The molecule has 0 bridgehead atoms. The monoisotopic (exact) mass is 556 g/mol. The minimum Gasteiger partial charge on any atom is -0.369 e. The molecule has 0 amide bonds. The lowest BCUT2D eigenvalue weighted by Gasteiger charge is -2.33. The van der Waals surface area contributed by atoms with Gasteiger partial charge in [0.1, 0.15) is 23.3 Å². The Morgan fingerprint density at radius 2 is 1.82 bits per heavy atom. The minimum atomic E-state index is -0.624. The molecule has 210 valence electrons. The van der Waals surface area contributed by atoms with E-state index in [9.17, 15) is 8.78 Å². The SMILES string of the molecule is CCCCCN(CCC)CCNc1ccc(-c2cnc3c(c2C)N(Cc2c(F)ccc(F)c2Cl)CCN3)cn1. The first-order valence-electron chi connectivity index (χ1n) is 14.0. The predicted molar refractivity (Wildman–Crippen MR) is 158 cm³/mol. The molecule has 0 saturated carbocycles. The van der Waals surface area contributed by atoms with Crippen molar-refractivity contribution >= 4 is 28.9 Å². The van der Waals surface area contributed by atoms with E-state index in [0.717, 1.165) is 78.7 Å². The Bertz CT molecular complexity index is 1240. The van der Waals surface area contributed by atoms with Crippen LogP contribution in [0.1, 0.15) is 50.7 Å². The molecule has 0 unspecified atom stereocenters. The molecule has 0 fully saturated rings. The molecule has 1 aromatic carbocycles. The Morgan fingerprint density at radius 3 is 2.56 bits per heavy atom. The second-order valence-corrected chi connectivity index (χ2v) is 10.4. The van der Waals surface area contributed by atoms with E-state index in [4.69, 9.17) is 11.6 Å². The van der Waals surface area contributed by atoms with Crippen molar-refractivity contribution in [2.24, 2.45) is 0 Å². The van der Waals surface area contributed by atoms with Crippen LogP contribution in [0.25, 0.3) is 11.1 Å². The van der Waals surface area contributed by atoms with Crippen molar-refractivity contribution < 1.29 is 8.78 Å². The van der Waals surface area contributed by atoms with E-state index < -0.39 is 11.6 Å². The highest BCUT2D eigenvalue weighted by atomic mass is 35.5. The number of hydrogen-bond donors (Lipinski definition) is 2. The van der Waals surface area contributed by atoms with E-state index in [1.54, 1.807) is 0 Å². The Hall–Kier alpha value is -2.97. The molecule has 0 aliphatic carbocycles. The summed E-state index contributed by atoms with van der Waals surface area (Å²) in [6.45, 7) is 12.0. The molecule has 3 aromatic rings. The zero-order valence-corrected chi connectivity index (χ0v) is 23.9. The van der Waals surface area contributed by atoms with Crippen molar-refractivity contribution in [3.63, 3.8) is 0 Å². The third kappa shape index (κ3) is 7.17. The van der Waals surface area contributed by atoms with Crippen LogP contribution in [0.3, 0.4) is 0 Å². The Balaban J connectivity index is 1.47. The summed E-state index contributed by atoms with van der Waals surface area (Å²) >= 11 is 6.13. The van der Waals surface area contributed by atoms with Gasteiger partial charge in [0.15, 0.2) is 0 Å². The van der Waals surface area contributed by atoms with Crippen molar-refractivity contribution in [1.82, 2.24) is 14.9 Å². The first-order valence-corrected chi connectivity index (χ1v) is 14.3. The zero-order valence-electron chi connectivity index (χ0n) is 23.2. The number of fused-ring (bicyclic) bond motifs is 1. The van der Waals surface area contributed by atoms with Gasteiger partial charge in [0, 0.05) is 61.8 Å². The number of hydrogen-bond acceptors (Lipinski definition) is 6. The van der Waals surface area contributed by atoms with E-state index in [1.165, 1.54) is 19.3 Å². The molecular weight excluding hydrogens is 518 g/mol. The molecule has 3 heterocycles.